The van der Waals surface area contributed by atoms with Gasteiger partial charge in [0.25, 0.3) is 0 Å². The number of carboxylic acids is 1. The van der Waals surface area contributed by atoms with Crippen molar-refractivity contribution < 1.29 is 19.5 Å². The lowest BCUT2D eigenvalue weighted by atomic mass is 10.1. The molecule has 0 radical (unpaired) electrons. The van der Waals surface area contributed by atoms with Crippen LogP contribution in [-0.4, -0.2) is 29.1 Å². The molecule has 0 heterocycles. The van der Waals surface area contributed by atoms with Crippen molar-refractivity contribution in [3.05, 3.63) is 70.2 Å². The number of carboxylic acid groups (broad SMARTS) is 1. The summed E-state index contributed by atoms with van der Waals surface area (Å²) in [5.74, 6) is -2.94. The van der Waals surface area contributed by atoms with Crippen molar-refractivity contribution in [2.75, 3.05) is 0 Å². The molecule has 2 rings (SSSR count). The van der Waals surface area contributed by atoms with Gasteiger partial charge < -0.3 is 10.4 Å². The van der Waals surface area contributed by atoms with Gasteiger partial charge in [0.15, 0.2) is 0 Å². The van der Waals surface area contributed by atoms with E-state index in [4.69, 9.17) is 16.7 Å². The predicted molar refractivity (Wildman–Crippen MR) is 92.4 cm³/mol. The van der Waals surface area contributed by atoms with Crippen LogP contribution in [0, 0.1) is 0 Å². The molecule has 0 aliphatic carbocycles. The van der Waals surface area contributed by atoms with Crippen LogP contribution in [0.5, 0.6) is 0 Å². The van der Waals surface area contributed by atoms with Gasteiger partial charge in [0, 0.05) is 17.1 Å². The van der Waals surface area contributed by atoms with E-state index in [0.29, 0.717) is 10.6 Å². The number of hydrogen-bond donors (Lipinski definition) is 3. The molecule has 25 heavy (non-hydrogen) atoms. The number of carbonyl (C=O) groups excluding carboxylic acids is 2. The molecule has 128 valence electrons. The fourth-order valence-electron chi connectivity index (χ4n) is 1.88. The molecule has 0 atom stereocenters. The fourth-order valence-corrected chi connectivity index (χ4v) is 2.01. The maximum absolute atomic E-state index is 11.7. The third-order valence-corrected chi connectivity index (χ3v) is 3.39. The van der Waals surface area contributed by atoms with Gasteiger partial charge in [0.2, 0.25) is 0 Å². The summed E-state index contributed by atoms with van der Waals surface area (Å²) < 4.78 is 0. The molecule has 0 saturated carbocycles. The normalized spacial score (nSPS) is 10.4. The van der Waals surface area contributed by atoms with Crippen molar-refractivity contribution in [3.8, 4) is 0 Å². The Balaban J connectivity index is 1.88. The summed E-state index contributed by atoms with van der Waals surface area (Å²) in [5, 5.41) is 15.6. The predicted octanol–water partition coefficient (Wildman–Crippen LogP) is 1.80. The van der Waals surface area contributed by atoms with Gasteiger partial charge in [-0.15, -0.1) is 0 Å². The molecule has 0 bridgehead atoms. The zero-order valence-corrected chi connectivity index (χ0v) is 13.7. The summed E-state index contributed by atoms with van der Waals surface area (Å²) in [6, 6.07) is 12.9. The Morgan fingerprint density at radius 1 is 1.04 bits per heavy atom. The lowest BCUT2D eigenvalue weighted by Crippen LogP contribution is -2.37. The Hall–Kier alpha value is -3.19. The quantitative estimate of drug-likeness (QED) is 0.429. The molecule has 7 nitrogen and oxygen atoms in total. The van der Waals surface area contributed by atoms with Crippen LogP contribution in [0.2, 0.25) is 5.02 Å². The first-order chi connectivity index (χ1) is 12.0. The van der Waals surface area contributed by atoms with Gasteiger partial charge in [-0.2, -0.15) is 5.10 Å². The van der Waals surface area contributed by atoms with Gasteiger partial charge in [-0.1, -0.05) is 41.9 Å². The summed E-state index contributed by atoms with van der Waals surface area (Å²) in [6.07, 6.45) is 1.16. The molecule has 0 saturated heterocycles. The molecule has 0 unspecified atom stereocenters. The Bertz CT molecular complexity index is 819. The minimum Gasteiger partial charge on any atom is -0.478 e. The van der Waals surface area contributed by atoms with Gasteiger partial charge in [-0.25, -0.2) is 10.2 Å². The zero-order chi connectivity index (χ0) is 18.2. The van der Waals surface area contributed by atoms with E-state index >= 15 is 0 Å². The van der Waals surface area contributed by atoms with E-state index in [1.165, 1.54) is 12.1 Å². The first-order valence-corrected chi connectivity index (χ1v) is 7.53. The van der Waals surface area contributed by atoms with Crippen LogP contribution in [-0.2, 0) is 16.1 Å². The topological polar surface area (TPSA) is 108 Å². The van der Waals surface area contributed by atoms with E-state index in [1.54, 1.807) is 36.4 Å². The molecule has 0 aliphatic rings. The number of hydrazone groups is 1. The van der Waals surface area contributed by atoms with Crippen molar-refractivity contribution in [2.45, 2.75) is 6.54 Å². The highest BCUT2D eigenvalue weighted by Gasteiger charge is 2.12. The van der Waals surface area contributed by atoms with Crippen LogP contribution >= 0.6 is 11.6 Å². The molecular weight excluding hydrogens is 346 g/mol. The lowest BCUT2D eigenvalue weighted by Gasteiger charge is -2.04. The van der Waals surface area contributed by atoms with Crippen molar-refractivity contribution >= 4 is 35.6 Å². The maximum atomic E-state index is 11.7. The van der Waals surface area contributed by atoms with Crippen LogP contribution < -0.4 is 10.7 Å². The number of nitrogens with zero attached hydrogens (tertiary/aromatic N) is 1. The molecule has 2 aromatic carbocycles. The number of carbonyl (C=O) groups is 3. The van der Waals surface area contributed by atoms with Crippen molar-refractivity contribution in [3.63, 3.8) is 0 Å². The SMILES string of the molecule is O=C(NCc1ccc(Cl)cc1)C(=O)N/N=C\c1ccccc1C(=O)O. The van der Waals surface area contributed by atoms with Gasteiger partial charge >= 0.3 is 17.8 Å². The molecule has 2 amide bonds. The van der Waals surface area contributed by atoms with Crippen molar-refractivity contribution in [1.29, 1.82) is 0 Å². The first kappa shape index (κ1) is 18.2. The first-order valence-electron chi connectivity index (χ1n) is 7.15. The maximum Gasteiger partial charge on any atom is 0.336 e. The van der Waals surface area contributed by atoms with Gasteiger partial charge in [-0.05, 0) is 23.8 Å². The Morgan fingerprint density at radius 2 is 1.72 bits per heavy atom. The Labute approximate surface area is 148 Å². The standard InChI is InChI=1S/C17H14ClN3O4/c18-13-7-5-11(6-8-13)9-19-15(22)16(23)21-20-10-12-3-1-2-4-14(12)17(24)25/h1-8,10H,9H2,(H,19,22)(H,21,23)(H,24,25)/b20-10-. The van der Waals surface area contributed by atoms with E-state index in [9.17, 15) is 14.4 Å². The number of benzene rings is 2. The molecular formula is C17H14ClN3O4. The summed E-state index contributed by atoms with van der Waals surface area (Å²) in [5.41, 5.74) is 3.17. The molecule has 0 fully saturated rings. The highest BCUT2D eigenvalue weighted by atomic mass is 35.5. The molecule has 3 N–H and O–H groups in total. The van der Waals surface area contributed by atoms with Gasteiger partial charge in [0.1, 0.15) is 0 Å². The number of amides is 2. The summed E-state index contributed by atoms with van der Waals surface area (Å²) in [6.45, 7) is 0.162. The Morgan fingerprint density at radius 3 is 2.40 bits per heavy atom. The number of hydrogen-bond acceptors (Lipinski definition) is 4. The lowest BCUT2D eigenvalue weighted by molar-refractivity contribution is -0.139. The van der Waals surface area contributed by atoms with Crippen LogP contribution in [0.4, 0.5) is 0 Å². The monoisotopic (exact) mass is 359 g/mol. The third-order valence-electron chi connectivity index (χ3n) is 3.13. The number of halogens is 1. The number of aromatic carboxylic acids is 1. The zero-order valence-electron chi connectivity index (χ0n) is 12.9. The molecule has 0 spiro atoms. The highest BCUT2D eigenvalue weighted by molar-refractivity contribution is 6.35. The van der Waals surface area contributed by atoms with Gasteiger partial charge in [-0.3, -0.25) is 9.59 Å². The van der Waals surface area contributed by atoms with E-state index in [2.05, 4.69) is 10.4 Å². The van der Waals surface area contributed by atoms with Crippen LogP contribution in [0.1, 0.15) is 21.5 Å². The molecule has 0 aliphatic heterocycles. The molecule has 0 aromatic heterocycles. The van der Waals surface area contributed by atoms with Crippen molar-refractivity contribution in [2.24, 2.45) is 5.10 Å². The smallest absolute Gasteiger partial charge is 0.336 e. The van der Waals surface area contributed by atoms with E-state index in [-0.39, 0.29) is 12.1 Å². The second-order valence-corrected chi connectivity index (χ2v) is 5.34. The second-order valence-electron chi connectivity index (χ2n) is 4.90. The number of rotatable bonds is 5. The average Bonchev–Trinajstić information content (AvgIpc) is 2.61. The van der Waals surface area contributed by atoms with Crippen LogP contribution in [0.25, 0.3) is 0 Å². The van der Waals surface area contributed by atoms with Crippen LogP contribution in [0.15, 0.2) is 53.6 Å². The van der Waals surface area contributed by atoms with Crippen LogP contribution in [0.3, 0.4) is 0 Å². The number of nitrogens with one attached hydrogen (secondary N) is 2. The summed E-state index contributed by atoms with van der Waals surface area (Å²) in [7, 11) is 0. The minimum atomic E-state index is -1.12. The highest BCUT2D eigenvalue weighted by Crippen LogP contribution is 2.09. The van der Waals surface area contributed by atoms with Crippen molar-refractivity contribution in [1.82, 2.24) is 10.7 Å². The average molecular weight is 360 g/mol. The Kier molecular flexibility index (Phi) is 6.25. The third kappa shape index (κ3) is 5.43. The molecule has 2 aromatic rings. The minimum absolute atomic E-state index is 0.0349. The van der Waals surface area contributed by atoms with Gasteiger partial charge in [0.05, 0.1) is 11.8 Å². The van der Waals surface area contributed by atoms with E-state index in [1.807, 2.05) is 5.43 Å². The second kappa shape index (κ2) is 8.60. The van der Waals surface area contributed by atoms with E-state index < -0.39 is 17.8 Å². The van der Waals surface area contributed by atoms with E-state index in [0.717, 1.165) is 11.8 Å². The summed E-state index contributed by atoms with van der Waals surface area (Å²) in [4.78, 5) is 34.4. The molecule has 8 heteroatoms. The largest absolute Gasteiger partial charge is 0.478 e. The fraction of sp³-hybridized carbons (Fsp3) is 0.0588. The summed E-state index contributed by atoms with van der Waals surface area (Å²) >= 11 is 5.76.